The van der Waals surface area contributed by atoms with Gasteiger partial charge in [-0.15, -0.1) is 0 Å². The van der Waals surface area contributed by atoms with Gasteiger partial charge in [0.15, 0.2) is 0 Å². The summed E-state index contributed by atoms with van der Waals surface area (Å²) in [5, 5.41) is 0. The first-order chi connectivity index (χ1) is 7.25. The van der Waals surface area contributed by atoms with Crippen LogP contribution in [-0.2, 0) is 11.0 Å². The van der Waals surface area contributed by atoms with Gasteiger partial charge in [0.2, 0.25) is 0 Å². The van der Waals surface area contributed by atoms with E-state index in [1.165, 1.54) is 0 Å². The minimum Gasteiger partial charge on any atom is -0.482 e. The Morgan fingerprint density at radius 1 is 1.25 bits per heavy atom. The van der Waals surface area contributed by atoms with E-state index in [4.69, 9.17) is 4.74 Å². The van der Waals surface area contributed by atoms with E-state index >= 15 is 0 Å². The van der Waals surface area contributed by atoms with Crippen LogP contribution in [0.15, 0.2) is 12.1 Å². The molecule has 2 nitrogen and oxygen atoms in total. The van der Waals surface area contributed by atoms with E-state index < -0.39 is 0 Å². The Hall–Kier alpha value is -1.31. The normalized spacial score (nSPS) is 17.1. The van der Waals surface area contributed by atoms with Crippen LogP contribution in [0.2, 0.25) is 0 Å². The third kappa shape index (κ3) is 1.53. The summed E-state index contributed by atoms with van der Waals surface area (Å²) in [6.07, 6.45) is 0.907. The summed E-state index contributed by atoms with van der Waals surface area (Å²) in [6, 6.07) is 3.86. The van der Waals surface area contributed by atoms with Gasteiger partial charge in [0.25, 0.3) is 0 Å². The number of benzene rings is 1. The molecule has 1 heterocycles. The topological polar surface area (TPSA) is 26.3 Å². The number of hydrogen-bond acceptors (Lipinski definition) is 2. The van der Waals surface area contributed by atoms with Crippen molar-refractivity contribution in [1.29, 1.82) is 0 Å². The molecule has 1 aliphatic heterocycles. The summed E-state index contributed by atoms with van der Waals surface area (Å²) in [7, 11) is 0. The molecule has 16 heavy (non-hydrogen) atoms. The van der Waals surface area contributed by atoms with Crippen LogP contribution >= 0.6 is 0 Å². The summed E-state index contributed by atoms with van der Waals surface area (Å²) in [5.74, 6) is 0.961. The predicted octanol–water partition coefficient (Wildman–Crippen LogP) is 3.42. The van der Waals surface area contributed by atoms with Gasteiger partial charge in [-0.05, 0) is 31.4 Å². The third-order valence-corrected chi connectivity index (χ3v) is 3.06. The minimum atomic E-state index is -0.256. The lowest BCUT2D eigenvalue weighted by Crippen LogP contribution is -2.37. The second-order valence-electron chi connectivity index (χ2n) is 5.93. The van der Waals surface area contributed by atoms with Crippen molar-refractivity contribution in [1.82, 2.24) is 0 Å². The number of ether oxygens (including phenoxy) is 1. The number of carbonyl (C=O) groups excluding carboxylic acids is 1. The van der Waals surface area contributed by atoms with Crippen LogP contribution in [0.5, 0.6) is 5.75 Å². The van der Waals surface area contributed by atoms with Gasteiger partial charge in [-0.2, -0.15) is 0 Å². The van der Waals surface area contributed by atoms with Crippen molar-refractivity contribution in [3.05, 3.63) is 28.8 Å². The molecule has 0 aromatic heterocycles. The standard InChI is InChI=1S/C14H18O2/c1-13(2,3)10-6-9(8-15)7-11-12(10)16-14(11,4)5/h6-8H,1-5H3. The van der Waals surface area contributed by atoms with E-state index in [1.807, 2.05) is 26.0 Å². The lowest BCUT2D eigenvalue weighted by Gasteiger charge is -2.42. The Labute approximate surface area is 96.6 Å². The Balaban J connectivity index is 2.64. The Kier molecular flexibility index (Phi) is 2.16. The fraction of sp³-hybridized carbons (Fsp3) is 0.500. The molecule has 2 rings (SSSR count). The number of carbonyl (C=O) groups is 1. The summed E-state index contributed by atoms with van der Waals surface area (Å²) < 4.78 is 5.81. The van der Waals surface area contributed by atoms with Crippen LogP contribution < -0.4 is 4.74 Å². The fourth-order valence-electron chi connectivity index (χ4n) is 2.10. The summed E-state index contributed by atoms with van der Waals surface area (Å²) in [4.78, 5) is 10.9. The van der Waals surface area contributed by atoms with Gasteiger partial charge in [0.1, 0.15) is 17.6 Å². The van der Waals surface area contributed by atoms with E-state index in [9.17, 15) is 4.79 Å². The molecular weight excluding hydrogens is 200 g/mol. The first-order valence-corrected chi connectivity index (χ1v) is 5.59. The maximum Gasteiger partial charge on any atom is 0.150 e. The minimum absolute atomic E-state index is 0.000394. The molecule has 0 fully saturated rings. The Morgan fingerprint density at radius 2 is 1.88 bits per heavy atom. The second-order valence-corrected chi connectivity index (χ2v) is 5.93. The Morgan fingerprint density at radius 3 is 2.31 bits per heavy atom. The van der Waals surface area contributed by atoms with Crippen LogP contribution in [0.3, 0.4) is 0 Å². The lowest BCUT2D eigenvalue weighted by atomic mass is 9.79. The number of hydrogen-bond donors (Lipinski definition) is 0. The number of fused-ring (bicyclic) bond motifs is 1. The lowest BCUT2D eigenvalue weighted by molar-refractivity contribution is 0.0484. The van der Waals surface area contributed by atoms with Gasteiger partial charge >= 0.3 is 0 Å². The second kappa shape index (κ2) is 3.09. The molecule has 0 amide bonds. The molecule has 0 spiro atoms. The average Bonchev–Trinajstić information content (AvgIpc) is 2.14. The molecule has 0 bridgehead atoms. The fourth-order valence-corrected chi connectivity index (χ4v) is 2.10. The van der Waals surface area contributed by atoms with Gasteiger partial charge in [-0.1, -0.05) is 20.8 Å². The number of rotatable bonds is 1. The maximum atomic E-state index is 10.9. The van der Waals surface area contributed by atoms with Crippen LogP contribution in [0.25, 0.3) is 0 Å². The molecule has 1 aromatic carbocycles. The largest absolute Gasteiger partial charge is 0.482 e. The highest BCUT2D eigenvalue weighted by Crippen LogP contribution is 2.49. The van der Waals surface area contributed by atoms with Crippen molar-refractivity contribution in [3.8, 4) is 5.75 Å². The predicted molar refractivity (Wildman–Crippen MR) is 64.2 cm³/mol. The van der Waals surface area contributed by atoms with Crippen LogP contribution in [0.1, 0.15) is 56.1 Å². The zero-order valence-corrected chi connectivity index (χ0v) is 10.5. The van der Waals surface area contributed by atoms with E-state index in [1.54, 1.807) is 0 Å². The molecular formula is C14H18O2. The molecule has 86 valence electrons. The molecule has 0 unspecified atom stereocenters. The highest BCUT2D eigenvalue weighted by atomic mass is 16.5. The van der Waals surface area contributed by atoms with Gasteiger partial charge in [-0.3, -0.25) is 4.79 Å². The smallest absolute Gasteiger partial charge is 0.150 e. The van der Waals surface area contributed by atoms with E-state index in [2.05, 4.69) is 20.8 Å². The van der Waals surface area contributed by atoms with Crippen molar-refractivity contribution in [2.75, 3.05) is 0 Å². The van der Waals surface area contributed by atoms with E-state index in [-0.39, 0.29) is 11.0 Å². The van der Waals surface area contributed by atoms with Crippen molar-refractivity contribution in [2.24, 2.45) is 0 Å². The van der Waals surface area contributed by atoms with Crippen LogP contribution in [0.4, 0.5) is 0 Å². The van der Waals surface area contributed by atoms with Crippen LogP contribution in [0, 0.1) is 0 Å². The van der Waals surface area contributed by atoms with Crippen molar-refractivity contribution < 1.29 is 9.53 Å². The molecule has 1 aromatic rings. The van der Waals surface area contributed by atoms with Crippen molar-refractivity contribution in [3.63, 3.8) is 0 Å². The maximum absolute atomic E-state index is 10.9. The zero-order chi connectivity index (χ0) is 12.1. The molecule has 0 aliphatic carbocycles. The van der Waals surface area contributed by atoms with E-state index in [0.717, 1.165) is 28.7 Å². The SMILES string of the molecule is CC(C)(C)c1cc(C=O)cc2c1OC2(C)C. The van der Waals surface area contributed by atoms with Gasteiger partial charge < -0.3 is 4.74 Å². The monoisotopic (exact) mass is 218 g/mol. The Bertz CT molecular complexity index is 451. The third-order valence-electron chi connectivity index (χ3n) is 3.06. The highest BCUT2D eigenvalue weighted by Gasteiger charge is 2.40. The average molecular weight is 218 g/mol. The van der Waals surface area contributed by atoms with Crippen molar-refractivity contribution in [2.45, 2.75) is 45.6 Å². The molecule has 0 radical (unpaired) electrons. The first-order valence-electron chi connectivity index (χ1n) is 5.59. The quantitative estimate of drug-likeness (QED) is 0.675. The molecule has 1 aliphatic rings. The zero-order valence-electron chi connectivity index (χ0n) is 10.5. The van der Waals surface area contributed by atoms with Gasteiger partial charge in [-0.25, -0.2) is 0 Å². The molecule has 0 N–H and O–H groups in total. The van der Waals surface area contributed by atoms with Gasteiger partial charge in [0.05, 0.1) is 0 Å². The molecule has 0 saturated carbocycles. The molecule has 0 atom stereocenters. The summed E-state index contributed by atoms with van der Waals surface area (Å²) in [5.41, 5.74) is 2.74. The van der Waals surface area contributed by atoms with E-state index in [0.29, 0.717) is 0 Å². The van der Waals surface area contributed by atoms with Crippen LogP contribution in [-0.4, -0.2) is 6.29 Å². The van der Waals surface area contributed by atoms with Crippen molar-refractivity contribution >= 4 is 6.29 Å². The molecule has 2 heteroatoms. The highest BCUT2D eigenvalue weighted by molar-refractivity contribution is 5.78. The summed E-state index contributed by atoms with van der Waals surface area (Å²) in [6.45, 7) is 10.4. The number of aldehydes is 1. The molecule has 0 saturated heterocycles. The van der Waals surface area contributed by atoms with Gasteiger partial charge in [0, 0.05) is 16.7 Å². The summed E-state index contributed by atoms with van der Waals surface area (Å²) >= 11 is 0. The first kappa shape index (κ1) is 11.2.